The van der Waals surface area contributed by atoms with Crippen LogP contribution in [0.1, 0.15) is 65.3 Å². The van der Waals surface area contributed by atoms with Crippen molar-refractivity contribution in [2.45, 2.75) is 58.7 Å². The Labute approximate surface area is 250 Å². The Kier molecular flexibility index (Phi) is 7.49. The molecule has 2 aromatic heterocycles. The summed E-state index contributed by atoms with van der Waals surface area (Å²) < 4.78 is 17.8. The van der Waals surface area contributed by atoms with Gasteiger partial charge >= 0.3 is 5.69 Å². The molecular weight excluding hydrogens is 543 g/mol. The number of imidazole rings is 1. The van der Waals surface area contributed by atoms with E-state index in [9.17, 15) is 14.0 Å². The minimum Gasteiger partial charge on any atom is -0.339 e. The van der Waals surface area contributed by atoms with E-state index in [4.69, 9.17) is 6.57 Å². The highest BCUT2D eigenvalue weighted by molar-refractivity contribution is 5.98. The van der Waals surface area contributed by atoms with E-state index in [0.29, 0.717) is 17.6 Å². The predicted octanol–water partition coefficient (Wildman–Crippen LogP) is 5.77. The van der Waals surface area contributed by atoms with Crippen molar-refractivity contribution >= 4 is 23.0 Å². The van der Waals surface area contributed by atoms with Crippen LogP contribution in [0.5, 0.6) is 0 Å². The first-order valence-corrected chi connectivity index (χ1v) is 14.7. The van der Waals surface area contributed by atoms with Gasteiger partial charge in [0.1, 0.15) is 5.82 Å². The van der Waals surface area contributed by atoms with E-state index >= 15 is 0 Å². The van der Waals surface area contributed by atoms with Crippen molar-refractivity contribution in [2.75, 3.05) is 20.1 Å². The molecule has 1 aliphatic heterocycles. The molecule has 0 spiro atoms. The number of benzene rings is 2. The number of likely N-dealkylation sites (tertiary alicyclic amines) is 1. The van der Waals surface area contributed by atoms with Crippen LogP contribution in [-0.2, 0) is 13.0 Å². The lowest BCUT2D eigenvalue weighted by Gasteiger charge is -2.33. The smallest absolute Gasteiger partial charge is 0.334 e. The molecule has 1 fully saturated rings. The minimum atomic E-state index is -0.534. The molecule has 2 aliphatic rings. The van der Waals surface area contributed by atoms with Crippen LogP contribution in [-0.4, -0.2) is 56.0 Å². The number of carbonyl (C=O) groups excluding carboxylic acids is 1. The molecule has 0 atom stereocenters. The standard InChI is InChI=1S/C34H35FN6O2/c1-21(2)38(5)33(42)29-17-25(35)8-9-30(29)41-32-19-37-13-10-31(32)40(34(41)43)27-11-14-39(15-12-27)20-24-7-6-23-16-26(36-4)18-28(23)22(24)3/h6-10,13,17-19,21,27H,11-12,14-16,20H2,1-3,5H3. The quantitative estimate of drug-likeness (QED) is 0.273. The third-order valence-corrected chi connectivity index (χ3v) is 9.06. The normalized spacial score (nSPS) is 15.5. The third kappa shape index (κ3) is 5.06. The maximum Gasteiger partial charge on any atom is 0.334 e. The second-order valence-electron chi connectivity index (χ2n) is 11.9. The zero-order valence-electron chi connectivity index (χ0n) is 25.0. The highest BCUT2D eigenvalue weighted by atomic mass is 19.1. The summed E-state index contributed by atoms with van der Waals surface area (Å²) in [5.74, 6) is -0.884. The van der Waals surface area contributed by atoms with Crippen LogP contribution in [0.4, 0.5) is 4.39 Å². The van der Waals surface area contributed by atoms with Crippen molar-refractivity contribution in [3.63, 3.8) is 0 Å². The fourth-order valence-corrected chi connectivity index (χ4v) is 6.37. The van der Waals surface area contributed by atoms with Crippen molar-refractivity contribution < 1.29 is 9.18 Å². The minimum absolute atomic E-state index is 0.0295. The Morgan fingerprint density at radius 1 is 1.16 bits per heavy atom. The Balaban J connectivity index is 1.30. The summed E-state index contributed by atoms with van der Waals surface area (Å²) in [5.41, 5.74) is 7.25. The molecule has 2 aromatic carbocycles. The first kappa shape index (κ1) is 28.6. The first-order valence-electron chi connectivity index (χ1n) is 14.7. The van der Waals surface area contributed by atoms with E-state index < -0.39 is 5.82 Å². The molecule has 8 nitrogen and oxygen atoms in total. The maximum absolute atomic E-state index is 14.4. The zero-order valence-corrected chi connectivity index (χ0v) is 25.0. The van der Waals surface area contributed by atoms with Gasteiger partial charge in [-0.2, -0.15) is 0 Å². The van der Waals surface area contributed by atoms with E-state index in [1.165, 1.54) is 45.0 Å². The molecule has 43 heavy (non-hydrogen) atoms. The second-order valence-corrected chi connectivity index (χ2v) is 11.9. The zero-order chi connectivity index (χ0) is 30.4. The number of hydrogen-bond acceptors (Lipinski definition) is 4. The van der Waals surface area contributed by atoms with E-state index in [-0.39, 0.29) is 29.2 Å². The van der Waals surface area contributed by atoms with Crippen LogP contribution in [0.15, 0.2) is 59.3 Å². The number of rotatable bonds is 6. The highest BCUT2D eigenvalue weighted by Gasteiger charge is 2.28. The van der Waals surface area contributed by atoms with Gasteiger partial charge in [0.2, 0.25) is 0 Å². The largest absolute Gasteiger partial charge is 0.339 e. The number of hydrogen-bond donors (Lipinski definition) is 0. The van der Waals surface area contributed by atoms with Gasteiger partial charge in [-0.25, -0.2) is 14.0 Å². The van der Waals surface area contributed by atoms with Crippen molar-refractivity contribution in [3.8, 4) is 5.69 Å². The van der Waals surface area contributed by atoms with Gasteiger partial charge in [-0.05, 0) is 80.1 Å². The molecule has 220 valence electrons. The van der Waals surface area contributed by atoms with Gasteiger partial charge < -0.3 is 4.90 Å². The summed E-state index contributed by atoms with van der Waals surface area (Å²) in [6.07, 6.45) is 7.62. The maximum atomic E-state index is 14.4. The molecule has 0 radical (unpaired) electrons. The van der Waals surface area contributed by atoms with Gasteiger partial charge in [-0.15, -0.1) is 0 Å². The fourth-order valence-electron chi connectivity index (χ4n) is 6.37. The molecule has 1 amide bonds. The first-order chi connectivity index (χ1) is 20.7. The van der Waals surface area contributed by atoms with E-state index in [2.05, 4.69) is 33.8 Å². The molecule has 0 unspecified atom stereocenters. The predicted molar refractivity (Wildman–Crippen MR) is 166 cm³/mol. The Bertz CT molecular complexity index is 1870. The van der Waals surface area contributed by atoms with Gasteiger partial charge in [0.05, 0.1) is 35.1 Å². The molecule has 3 heterocycles. The molecule has 0 saturated carbocycles. The average Bonchev–Trinajstić information content (AvgIpc) is 3.57. The molecule has 0 bridgehead atoms. The fraction of sp³-hybridized carbons (Fsp3) is 0.353. The number of halogens is 1. The lowest BCUT2D eigenvalue weighted by Crippen LogP contribution is -2.38. The van der Waals surface area contributed by atoms with Crippen molar-refractivity contribution in [1.82, 2.24) is 23.9 Å². The summed E-state index contributed by atoms with van der Waals surface area (Å²) in [4.78, 5) is 39.4. The number of pyridine rings is 1. The average molecular weight is 579 g/mol. The van der Waals surface area contributed by atoms with Crippen molar-refractivity contribution in [1.29, 1.82) is 0 Å². The Morgan fingerprint density at radius 3 is 2.65 bits per heavy atom. The van der Waals surface area contributed by atoms with Crippen LogP contribution in [0.2, 0.25) is 0 Å². The van der Waals surface area contributed by atoms with Crippen molar-refractivity contribution in [3.05, 3.63) is 110 Å². The van der Waals surface area contributed by atoms with Crippen LogP contribution in [0, 0.1) is 19.3 Å². The number of fused-ring (bicyclic) bond motifs is 2. The number of piperidine rings is 1. The van der Waals surface area contributed by atoms with Gasteiger partial charge in [0.25, 0.3) is 5.91 Å². The van der Waals surface area contributed by atoms with Crippen molar-refractivity contribution in [2.24, 2.45) is 0 Å². The number of carbonyl (C=O) groups is 1. The molecule has 4 aromatic rings. The van der Waals surface area contributed by atoms with Gasteiger partial charge in [-0.1, -0.05) is 18.2 Å². The number of aromatic nitrogens is 3. The molecule has 0 N–H and O–H groups in total. The summed E-state index contributed by atoms with van der Waals surface area (Å²) in [6.45, 7) is 15.8. The van der Waals surface area contributed by atoms with Gasteiger partial charge in [-0.3, -0.25) is 23.8 Å². The molecule has 6 rings (SSSR count). The molecule has 1 aliphatic carbocycles. The van der Waals surface area contributed by atoms with Gasteiger partial charge in [0, 0.05) is 51.4 Å². The Morgan fingerprint density at radius 2 is 1.93 bits per heavy atom. The van der Waals surface area contributed by atoms with Crippen LogP contribution in [0.3, 0.4) is 0 Å². The molecule has 9 heteroatoms. The summed E-state index contributed by atoms with van der Waals surface area (Å²) >= 11 is 0. The second kappa shape index (κ2) is 11.3. The summed E-state index contributed by atoms with van der Waals surface area (Å²) in [7, 11) is 1.68. The number of amides is 1. The SMILES string of the molecule is [C-]#[N+]C1=Cc2c(ccc(CN3CCC(n4c(=O)n(-c5ccc(F)cc5C(=O)N(C)C(C)C)c5cnccc54)CC3)c2C)C1. The summed E-state index contributed by atoms with van der Waals surface area (Å²) in [6, 6.07) is 10.0. The van der Waals surface area contributed by atoms with Crippen LogP contribution < -0.4 is 5.69 Å². The lowest BCUT2D eigenvalue weighted by molar-refractivity contribution is 0.0754. The monoisotopic (exact) mass is 578 g/mol. The van der Waals surface area contributed by atoms with E-state index in [0.717, 1.165) is 43.7 Å². The molecule has 1 saturated heterocycles. The molecular formula is C34H35FN6O2. The third-order valence-electron chi connectivity index (χ3n) is 9.06. The lowest BCUT2D eigenvalue weighted by atomic mass is 9.97. The van der Waals surface area contributed by atoms with E-state index in [1.54, 1.807) is 24.3 Å². The highest BCUT2D eigenvalue weighted by Crippen LogP contribution is 2.32. The number of nitrogens with zero attached hydrogens (tertiary/aromatic N) is 6. The van der Waals surface area contributed by atoms with Crippen LogP contribution in [0.25, 0.3) is 27.6 Å². The number of allylic oxidation sites excluding steroid dienone is 1. The Hall–Kier alpha value is -4.55. The topological polar surface area (TPSA) is 67.7 Å². The van der Waals surface area contributed by atoms with E-state index in [1.807, 2.05) is 30.6 Å². The van der Waals surface area contributed by atoms with Gasteiger partial charge in [0.15, 0.2) is 5.70 Å². The van der Waals surface area contributed by atoms with Crippen LogP contribution >= 0.6 is 0 Å². The summed E-state index contributed by atoms with van der Waals surface area (Å²) in [5, 5.41) is 0.